The van der Waals surface area contributed by atoms with Crippen LogP contribution in [0.2, 0.25) is 0 Å². The molecular weight excluding hydrogens is 384 g/mol. The number of hydrogen-bond donors (Lipinski definition) is 0. The Balaban J connectivity index is 1.73. The predicted molar refractivity (Wildman–Crippen MR) is 117 cm³/mol. The van der Waals surface area contributed by atoms with Gasteiger partial charge in [-0.1, -0.05) is 12.8 Å². The molecule has 152 valence electrons. The molecule has 3 aromatic rings. The van der Waals surface area contributed by atoms with E-state index in [1.165, 1.54) is 18.4 Å². The first-order chi connectivity index (χ1) is 13.8. The van der Waals surface area contributed by atoms with Crippen molar-refractivity contribution < 1.29 is 13.4 Å². The quantitative estimate of drug-likeness (QED) is 0.533. The smallest absolute Gasteiger partial charge is 0.161 e. The van der Waals surface area contributed by atoms with Gasteiger partial charge in [-0.2, -0.15) is 4.40 Å². The molecule has 0 amide bonds. The number of benzene rings is 1. The number of fused-ring (bicyclic) bond motifs is 6. The summed E-state index contributed by atoms with van der Waals surface area (Å²) in [6.45, 7) is 8.52. The number of aryl methyl sites for hydroxylation is 1. The van der Waals surface area contributed by atoms with Gasteiger partial charge < -0.3 is 9.15 Å². The van der Waals surface area contributed by atoms with Crippen molar-refractivity contribution in [3.63, 3.8) is 0 Å². The summed E-state index contributed by atoms with van der Waals surface area (Å²) in [5.74, 6) is 0.860. The van der Waals surface area contributed by atoms with Gasteiger partial charge in [0.2, 0.25) is 0 Å². The molecule has 0 radical (unpaired) electrons. The molecular formula is C23H26N2O3S. The standard InChI is InChI=1S/C23H26N2O3S/c1-14-9-15(11-25-29(26)22(2,3)4)20-16(10-14)19-21(28-20)18-17(12-24-19)27-13-23(18)7-5-6-8-23/h9-12H,5-8,13H2,1-4H3/b25-11+/t29-/m0/s1. The molecule has 1 atom stereocenters. The summed E-state index contributed by atoms with van der Waals surface area (Å²) in [5, 5.41) is 0.978. The molecule has 1 aliphatic carbocycles. The predicted octanol–water partition coefficient (Wildman–Crippen LogP) is 5.37. The monoisotopic (exact) mass is 410 g/mol. The van der Waals surface area contributed by atoms with Crippen molar-refractivity contribution in [3.8, 4) is 5.75 Å². The average Bonchev–Trinajstić information content (AvgIpc) is 3.37. The molecule has 0 N–H and O–H groups in total. The summed E-state index contributed by atoms with van der Waals surface area (Å²) in [6, 6.07) is 4.13. The third kappa shape index (κ3) is 2.91. The second kappa shape index (κ2) is 6.39. The van der Waals surface area contributed by atoms with E-state index >= 15 is 0 Å². The maximum atomic E-state index is 12.4. The topological polar surface area (TPSA) is 64.7 Å². The van der Waals surface area contributed by atoms with Gasteiger partial charge in [0.15, 0.2) is 5.58 Å². The molecule has 1 spiro atoms. The van der Waals surface area contributed by atoms with Crippen molar-refractivity contribution in [2.75, 3.05) is 6.61 Å². The fraction of sp³-hybridized carbons (Fsp3) is 0.478. The largest absolute Gasteiger partial charge is 0.491 e. The van der Waals surface area contributed by atoms with Crippen LogP contribution in [0, 0.1) is 6.92 Å². The minimum atomic E-state index is -1.32. The number of ether oxygens (including phenoxy) is 1. The normalized spacial score (nSPS) is 19.4. The van der Waals surface area contributed by atoms with Crippen LogP contribution in [0.5, 0.6) is 5.75 Å². The molecule has 29 heavy (non-hydrogen) atoms. The van der Waals surface area contributed by atoms with E-state index in [-0.39, 0.29) is 5.41 Å². The highest BCUT2D eigenvalue weighted by Crippen LogP contribution is 2.52. The molecule has 0 bridgehead atoms. The van der Waals surface area contributed by atoms with E-state index in [2.05, 4.69) is 15.4 Å². The molecule has 6 heteroatoms. The Morgan fingerprint density at radius 2 is 1.97 bits per heavy atom. The minimum Gasteiger partial charge on any atom is -0.491 e. The van der Waals surface area contributed by atoms with E-state index in [4.69, 9.17) is 9.15 Å². The van der Waals surface area contributed by atoms with Gasteiger partial charge in [0.1, 0.15) is 27.8 Å². The first-order valence-electron chi connectivity index (χ1n) is 10.2. The van der Waals surface area contributed by atoms with Crippen molar-refractivity contribution in [3.05, 3.63) is 35.0 Å². The fourth-order valence-corrected chi connectivity index (χ4v) is 5.19. The van der Waals surface area contributed by atoms with Crippen LogP contribution >= 0.6 is 0 Å². The van der Waals surface area contributed by atoms with Crippen molar-refractivity contribution >= 4 is 39.3 Å². The summed E-state index contributed by atoms with van der Waals surface area (Å²) in [5.41, 5.74) is 5.65. The van der Waals surface area contributed by atoms with Gasteiger partial charge in [-0.05, 0) is 58.2 Å². The van der Waals surface area contributed by atoms with Gasteiger partial charge >= 0.3 is 0 Å². The molecule has 5 rings (SSSR count). The SMILES string of the molecule is Cc1cc(/C=N/[S@@](=O)C(C)(C)C)c2oc3c4c(cnc3c2c1)OCC41CCCC1. The second-order valence-electron chi connectivity index (χ2n) is 9.38. The highest BCUT2D eigenvalue weighted by molar-refractivity contribution is 7.85. The first-order valence-corrected chi connectivity index (χ1v) is 11.3. The first kappa shape index (κ1) is 18.8. The van der Waals surface area contributed by atoms with Gasteiger partial charge in [0.25, 0.3) is 0 Å². The lowest BCUT2D eigenvalue weighted by molar-refractivity contribution is 0.267. The molecule has 1 aromatic carbocycles. The summed E-state index contributed by atoms with van der Waals surface area (Å²) >= 11 is 0. The van der Waals surface area contributed by atoms with Crippen LogP contribution in [0.3, 0.4) is 0 Å². The van der Waals surface area contributed by atoms with E-state index in [0.29, 0.717) is 0 Å². The summed E-state index contributed by atoms with van der Waals surface area (Å²) in [6.07, 6.45) is 8.25. The highest BCUT2D eigenvalue weighted by Gasteiger charge is 2.45. The lowest BCUT2D eigenvalue weighted by Crippen LogP contribution is -2.23. The number of furan rings is 1. The van der Waals surface area contributed by atoms with Crippen LogP contribution in [0.15, 0.2) is 27.1 Å². The molecule has 1 saturated carbocycles. The number of rotatable bonds is 2. The average molecular weight is 411 g/mol. The molecule has 1 fully saturated rings. The van der Waals surface area contributed by atoms with Crippen molar-refractivity contribution in [1.29, 1.82) is 0 Å². The van der Waals surface area contributed by atoms with Crippen LogP contribution in [0.4, 0.5) is 0 Å². The summed E-state index contributed by atoms with van der Waals surface area (Å²) < 4.78 is 28.8. The molecule has 2 aliphatic rings. The number of aromatic nitrogens is 1. The van der Waals surface area contributed by atoms with E-state index < -0.39 is 15.7 Å². The Hall–Kier alpha value is -2.21. The zero-order chi connectivity index (χ0) is 20.4. The third-order valence-electron chi connectivity index (χ3n) is 6.13. The zero-order valence-electron chi connectivity index (χ0n) is 17.4. The van der Waals surface area contributed by atoms with Crippen LogP contribution in [0.1, 0.15) is 63.1 Å². The highest BCUT2D eigenvalue weighted by atomic mass is 32.2. The van der Waals surface area contributed by atoms with Crippen LogP contribution in [-0.4, -0.2) is 26.8 Å². The Morgan fingerprint density at radius 3 is 2.69 bits per heavy atom. The molecule has 2 aromatic heterocycles. The Morgan fingerprint density at radius 1 is 1.21 bits per heavy atom. The minimum absolute atomic E-state index is 0.0570. The molecule has 0 unspecified atom stereocenters. The number of hydrogen-bond acceptors (Lipinski definition) is 4. The van der Waals surface area contributed by atoms with Gasteiger partial charge in [0.05, 0.1) is 23.1 Å². The fourth-order valence-electron chi connectivity index (χ4n) is 4.67. The second-order valence-corrected chi connectivity index (χ2v) is 11.3. The van der Waals surface area contributed by atoms with Gasteiger partial charge in [-0.25, -0.2) is 9.19 Å². The van der Waals surface area contributed by atoms with E-state index in [1.807, 2.05) is 40.0 Å². The molecule has 0 saturated heterocycles. The van der Waals surface area contributed by atoms with Gasteiger partial charge in [0, 0.05) is 22.6 Å². The lowest BCUT2D eigenvalue weighted by Gasteiger charge is -2.20. The van der Waals surface area contributed by atoms with Crippen LogP contribution < -0.4 is 4.74 Å². The zero-order valence-corrected chi connectivity index (χ0v) is 18.2. The summed E-state index contributed by atoms with van der Waals surface area (Å²) in [7, 11) is -1.32. The lowest BCUT2D eigenvalue weighted by atomic mass is 9.81. The summed E-state index contributed by atoms with van der Waals surface area (Å²) in [4.78, 5) is 4.69. The van der Waals surface area contributed by atoms with Crippen LogP contribution in [-0.2, 0) is 16.4 Å². The number of pyridine rings is 1. The maximum Gasteiger partial charge on any atom is 0.161 e. The Bertz CT molecular complexity index is 1180. The number of nitrogens with zero attached hydrogens (tertiary/aromatic N) is 2. The van der Waals surface area contributed by atoms with Gasteiger partial charge in [-0.15, -0.1) is 0 Å². The molecule has 5 nitrogen and oxygen atoms in total. The molecule has 3 heterocycles. The van der Waals surface area contributed by atoms with Gasteiger partial charge in [-0.3, -0.25) is 0 Å². The van der Waals surface area contributed by atoms with Crippen molar-refractivity contribution in [2.24, 2.45) is 4.40 Å². The van der Waals surface area contributed by atoms with E-state index in [1.54, 1.807) is 6.21 Å². The van der Waals surface area contributed by atoms with Crippen LogP contribution in [0.25, 0.3) is 22.1 Å². The van der Waals surface area contributed by atoms with Crippen molar-refractivity contribution in [2.45, 2.75) is 63.5 Å². The molecule has 1 aliphatic heterocycles. The van der Waals surface area contributed by atoms with E-state index in [9.17, 15) is 4.21 Å². The maximum absolute atomic E-state index is 12.4. The Kier molecular flexibility index (Phi) is 4.14. The Labute approximate surface area is 173 Å². The van der Waals surface area contributed by atoms with Crippen molar-refractivity contribution in [1.82, 2.24) is 4.98 Å². The van der Waals surface area contributed by atoms with E-state index in [0.717, 1.165) is 58.4 Å². The third-order valence-corrected chi connectivity index (χ3v) is 7.47.